The van der Waals surface area contributed by atoms with Gasteiger partial charge in [-0.1, -0.05) is 30.3 Å². The van der Waals surface area contributed by atoms with Crippen LogP contribution in [0.3, 0.4) is 0 Å². The highest BCUT2D eigenvalue weighted by atomic mass is 19.1. The number of carbonyl (C=O) groups is 1. The number of benzene rings is 3. The first-order chi connectivity index (χ1) is 12.6. The average Bonchev–Trinajstić information content (AvgIpc) is 2.66. The van der Waals surface area contributed by atoms with E-state index in [4.69, 9.17) is 9.47 Å². The van der Waals surface area contributed by atoms with Gasteiger partial charge in [0.15, 0.2) is 11.9 Å². The van der Waals surface area contributed by atoms with Crippen LogP contribution in [0.25, 0.3) is 0 Å². The van der Waals surface area contributed by atoms with Crippen molar-refractivity contribution >= 4 is 11.6 Å². The molecule has 0 saturated carbocycles. The second-order valence-corrected chi connectivity index (χ2v) is 5.61. The maximum Gasteiger partial charge on any atom is 0.265 e. The average molecular weight is 351 g/mol. The van der Waals surface area contributed by atoms with Gasteiger partial charge in [-0.05, 0) is 55.5 Å². The van der Waals surface area contributed by atoms with Gasteiger partial charge in [-0.2, -0.15) is 0 Å². The minimum Gasteiger partial charge on any atom is -0.481 e. The molecule has 1 N–H and O–H groups in total. The summed E-state index contributed by atoms with van der Waals surface area (Å²) in [5.74, 6) is 0.925. The van der Waals surface area contributed by atoms with Gasteiger partial charge in [-0.3, -0.25) is 4.79 Å². The highest BCUT2D eigenvalue weighted by molar-refractivity contribution is 5.95. The van der Waals surface area contributed by atoms with Crippen molar-refractivity contribution in [3.05, 3.63) is 84.7 Å². The zero-order valence-electron chi connectivity index (χ0n) is 14.2. The van der Waals surface area contributed by atoms with Gasteiger partial charge in [0.25, 0.3) is 5.91 Å². The summed E-state index contributed by atoms with van der Waals surface area (Å²) in [4.78, 5) is 12.4. The van der Waals surface area contributed by atoms with Crippen molar-refractivity contribution in [2.24, 2.45) is 0 Å². The molecule has 3 rings (SSSR count). The molecule has 5 heteroatoms. The Morgan fingerprint density at radius 1 is 0.885 bits per heavy atom. The first-order valence-corrected chi connectivity index (χ1v) is 8.17. The number of rotatable bonds is 6. The van der Waals surface area contributed by atoms with Crippen LogP contribution in [0.5, 0.6) is 17.2 Å². The summed E-state index contributed by atoms with van der Waals surface area (Å²) in [7, 11) is 0. The van der Waals surface area contributed by atoms with Gasteiger partial charge in [-0.15, -0.1) is 0 Å². The van der Waals surface area contributed by atoms with E-state index in [9.17, 15) is 9.18 Å². The predicted octanol–water partition coefficient (Wildman–Crippen LogP) is 5.02. The molecule has 3 aromatic carbocycles. The molecule has 0 radical (unpaired) electrons. The van der Waals surface area contributed by atoms with Gasteiger partial charge in [0.05, 0.1) is 5.69 Å². The van der Waals surface area contributed by atoms with Gasteiger partial charge >= 0.3 is 0 Å². The summed E-state index contributed by atoms with van der Waals surface area (Å²) in [6.45, 7) is 1.62. The Morgan fingerprint density at radius 2 is 1.54 bits per heavy atom. The van der Waals surface area contributed by atoms with Crippen molar-refractivity contribution in [1.29, 1.82) is 0 Å². The summed E-state index contributed by atoms with van der Waals surface area (Å²) in [5, 5.41) is 2.80. The lowest BCUT2D eigenvalue weighted by molar-refractivity contribution is -0.122. The van der Waals surface area contributed by atoms with Gasteiger partial charge in [0.2, 0.25) is 0 Å². The third-order valence-electron chi connectivity index (χ3n) is 3.61. The van der Waals surface area contributed by atoms with E-state index in [1.165, 1.54) is 24.3 Å². The van der Waals surface area contributed by atoms with Crippen LogP contribution >= 0.6 is 0 Å². The Hall–Kier alpha value is -3.34. The van der Waals surface area contributed by atoms with E-state index >= 15 is 0 Å². The smallest absolute Gasteiger partial charge is 0.265 e. The lowest BCUT2D eigenvalue weighted by atomic mass is 10.2. The Balaban J connectivity index is 1.68. The Labute approximate surface area is 151 Å². The van der Waals surface area contributed by atoms with Crippen LogP contribution in [0.1, 0.15) is 6.92 Å². The Kier molecular flexibility index (Phi) is 5.49. The fraction of sp³-hybridized carbons (Fsp3) is 0.0952. The molecule has 3 aromatic rings. The lowest BCUT2D eigenvalue weighted by Crippen LogP contribution is -2.30. The fourth-order valence-corrected chi connectivity index (χ4v) is 2.28. The van der Waals surface area contributed by atoms with Crippen LogP contribution in [-0.2, 0) is 4.79 Å². The number of halogens is 1. The number of carbonyl (C=O) groups excluding carboxylic acids is 1. The first-order valence-electron chi connectivity index (χ1n) is 8.17. The van der Waals surface area contributed by atoms with E-state index in [0.717, 1.165) is 0 Å². The van der Waals surface area contributed by atoms with E-state index in [1.54, 1.807) is 25.1 Å². The zero-order chi connectivity index (χ0) is 18.4. The van der Waals surface area contributed by atoms with E-state index in [1.807, 2.05) is 36.4 Å². The van der Waals surface area contributed by atoms with Gasteiger partial charge in [0, 0.05) is 0 Å². The Morgan fingerprint density at radius 3 is 2.27 bits per heavy atom. The second-order valence-electron chi connectivity index (χ2n) is 5.61. The van der Waals surface area contributed by atoms with Crippen LogP contribution < -0.4 is 14.8 Å². The molecule has 1 atom stereocenters. The zero-order valence-corrected chi connectivity index (χ0v) is 14.2. The third-order valence-corrected chi connectivity index (χ3v) is 3.61. The molecule has 0 spiro atoms. The topological polar surface area (TPSA) is 47.6 Å². The molecule has 0 heterocycles. The molecule has 0 unspecified atom stereocenters. The van der Waals surface area contributed by atoms with E-state index in [2.05, 4.69) is 5.32 Å². The van der Waals surface area contributed by atoms with Crippen molar-refractivity contribution in [1.82, 2.24) is 0 Å². The van der Waals surface area contributed by atoms with Crippen molar-refractivity contribution in [2.75, 3.05) is 5.32 Å². The molecule has 0 aromatic heterocycles. The molecule has 0 saturated heterocycles. The highest BCUT2D eigenvalue weighted by Gasteiger charge is 2.17. The number of nitrogens with one attached hydrogen (secondary N) is 1. The molecular formula is C21H18FNO3. The number of hydrogen-bond acceptors (Lipinski definition) is 3. The van der Waals surface area contributed by atoms with Crippen molar-refractivity contribution in [3.63, 3.8) is 0 Å². The van der Waals surface area contributed by atoms with Crippen molar-refractivity contribution in [3.8, 4) is 17.2 Å². The van der Waals surface area contributed by atoms with Crippen LogP contribution in [0.2, 0.25) is 0 Å². The summed E-state index contributed by atoms with van der Waals surface area (Å²) in [6, 6.07) is 22.0. The van der Waals surface area contributed by atoms with Gasteiger partial charge in [-0.25, -0.2) is 4.39 Å². The van der Waals surface area contributed by atoms with Crippen molar-refractivity contribution < 1.29 is 18.7 Å². The predicted molar refractivity (Wildman–Crippen MR) is 98.1 cm³/mol. The molecule has 0 aliphatic rings. The molecule has 1 amide bonds. The molecule has 0 fully saturated rings. The van der Waals surface area contributed by atoms with E-state index < -0.39 is 6.10 Å². The summed E-state index contributed by atoms with van der Waals surface area (Å²) in [6.07, 6.45) is -0.759. The standard InChI is InChI=1S/C21H18FNO3/c1-15(25-18-13-11-16(22)12-14-18)21(24)23-19-9-5-6-10-20(19)26-17-7-3-2-4-8-17/h2-15H,1H3,(H,23,24)/t15-/m1/s1. The molecular weight excluding hydrogens is 333 g/mol. The molecule has 26 heavy (non-hydrogen) atoms. The van der Waals surface area contributed by atoms with Gasteiger partial charge in [0.1, 0.15) is 17.3 Å². The quantitative estimate of drug-likeness (QED) is 0.678. The Bertz CT molecular complexity index is 866. The molecule has 0 aliphatic heterocycles. The monoisotopic (exact) mass is 351 g/mol. The summed E-state index contributed by atoms with van der Waals surface area (Å²) < 4.78 is 24.3. The van der Waals surface area contributed by atoms with Crippen LogP contribution in [0, 0.1) is 5.82 Å². The SMILES string of the molecule is C[C@@H](Oc1ccc(F)cc1)C(=O)Nc1ccccc1Oc1ccccc1. The molecule has 0 bridgehead atoms. The van der Waals surface area contributed by atoms with E-state index in [0.29, 0.717) is 22.9 Å². The van der Waals surface area contributed by atoms with Crippen molar-refractivity contribution in [2.45, 2.75) is 13.0 Å². The maximum atomic E-state index is 12.9. The third kappa shape index (κ3) is 4.60. The number of hydrogen-bond donors (Lipinski definition) is 1. The minimum absolute atomic E-state index is 0.335. The van der Waals surface area contributed by atoms with Crippen LogP contribution in [0.15, 0.2) is 78.9 Å². The maximum absolute atomic E-state index is 12.9. The first kappa shape index (κ1) is 17.5. The second kappa shape index (κ2) is 8.16. The van der Waals surface area contributed by atoms with Crippen LogP contribution in [-0.4, -0.2) is 12.0 Å². The van der Waals surface area contributed by atoms with E-state index in [-0.39, 0.29) is 11.7 Å². The minimum atomic E-state index is -0.759. The highest BCUT2D eigenvalue weighted by Crippen LogP contribution is 2.29. The number of anilines is 1. The number of para-hydroxylation sites is 3. The number of amides is 1. The largest absolute Gasteiger partial charge is 0.481 e. The number of ether oxygens (including phenoxy) is 2. The normalized spacial score (nSPS) is 11.5. The van der Waals surface area contributed by atoms with Gasteiger partial charge < -0.3 is 14.8 Å². The summed E-state index contributed by atoms with van der Waals surface area (Å²) in [5.41, 5.74) is 0.538. The van der Waals surface area contributed by atoms with Crippen LogP contribution in [0.4, 0.5) is 10.1 Å². The molecule has 132 valence electrons. The molecule has 0 aliphatic carbocycles. The summed E-state index contributed by atoms with van der Waals surface area (Å²) >= 11 is 0. The fourth-order valence-electron chi connectivity index (χ4n) is 2.28. The molecule has 4 nitrogen and oxygen atoms in total. The lowest BCUT2D eigenvalue weighted by Gasteiger charge is -2.16.